The van der Waals surface area contributed by atoms with E-state index in [9.17, 15) is 15.0 Å². The van der Waals surface area contributed by atoms with Crippen molar-refractivity contribution in [1.82, 2.24) is 9.55 Å². The lowest BCUT2D eigenvalue weighted by molar-refractivity contribution is 0.414. The van der Waals surface area contributed by atoms with Gasteiger partial charge in [0, 0.05) is 6.42 Å². The van der Waals surface area contributed by atoms with Crippen molar-refractivity contribution in [2.24, 2.45) is 0 Å². The molecular formula is C17H16N2O4. The van der Waals surface area contributed by atoms with Crippen LogP contribution in [0.5, 0.6) is 17.4 Å². The molecule has 0 atom stereocenters. The summed E-state index contributed by atoms with van der Waals surface area (Å²) >= 11 is 0. The number of methoxy groups -OCH3 is 1. The third kappa shape index (κ3) is 2.91. The SMILES string of the molecule is COc1ccc(-n2c(O)c(Cc3ccc(O)cc3)[nH]c2=O)cc1. The molecule has 0 spiro atoms. The lowest BCUT2D eigenvalue weighted by Crippen LogP contribution is -2.14. The van der Waals surface area contributed by atoms with Crippen molar-refractivity contribution >= 4 is 0 Å². The van der Waals surface area contributed by atoms with Crippen molar-refractivity contribution in [1.29, 1.82) is 0 Å². The molecule has 3 N–H and O–H groups in total. The average Bonchev–Trinajstić information content (AvgIpc) is 2.84. The lowest BCUT2D eigenvalue weighted by Gasteiger charge is -2.05. The third-order valence-corrected chi connectivity index (χ3v) is 3.59. The Balaban J connectivity index is 1.95. The number of phenols is 1. The standard InChI is InChI=1S/C17H16N2O4/c1-23-14-8-4-12(5-9-14)19-16(21)15(18-17(19)22)10-11-2-6-13(20)7-3-11/h2-9,20-21H,10H2,1H3,(H,18,22). The van der Waals surface area contributed by atoms with E-state index in [2.05, 4.69) is 4.98 Å². The highest BCUT2D eigenvalue weighted by Gasteiger charge is 2.15. The number of ether oxygens (including phenoxy) is 1. The van der Waals surface area contributed by atoms with Crippen LogP contribution in [-0.4, -0.2) is 26.9 Å². The molecule has 0 unspecified atom stereocenters. The van der Waals surface area contributed by atoms with Gasteiger partial charge in [0.2, 0.25) is 5.88 Å². The van der Waals surface area contributed by atoms with Crippen LogP contribution < -0.4 is 10.4 Å². The second kappa shape index (κ2) is 5.92. The Bertz CT molecular complexity index is 861. The highest BCUT2D eigenvalue weighted by atomic mass is 16.5. The predicted molar refractivity (Wildman–Crippen MR) is 85.5 cm³/mol. The molecule has 3 rings (SSSR count). The smallest absolute Gasteiger partial charge is 0.333 e. The number of H-pyrrole nitrogens is 1. The molecule has 3 aromatic rings. The Morgan fingerprint density at radius 2 is 1.70 bits per heavy atom. The maximum atomic E-state index is 12.1. The monoisotopic (exact) mass is 312 g/mol. The molecule has 0 saturated heterocycles. The van der Waals surface area contributed by atoms with Gasteiger partial charge >= 0.3 is 5.69 Å². The number of hydrogen-bond acceptors (Lipinski definition) is 4. The molecule has 0 aliphatic carbocycles. The summed E-state index contributed by atoms with van der Waals surface area (Å²) in [4.78, 5) is 14.8. The number of phenolic OH excluding ortho intramolecular Hbond substituents is 1. The van der Waals surface area contributed by atoms with Crippen LogP contribution in [-0.2, 0) is 6.42 Å². The number of aromatic amines is 1. The molecule has 118 valence electrons. The molecule has 0 fully saturated rings. The van der Waals surface area contributed by atoms with Crippen molar-refractivity contribution in [2.45, 2.75) is 6.42 Å². The van der Waals surface area contributed by atoms with Gasteiger partial charge in [-0.25, -0.2) is 9.36 Å². The van der Waals surface area contributed by atoms with E-state index in [-0.39, 0.29) is 11.6 Å². The summed E-state index contributed by atoms with van der Waals surface area (Å²) in [6.07, 6.45) is 0.352. The number of rotatable bonds is 4. The quantitative estimate of drug-likeness (QED) is 0.689. The minimum atomic E-state index is -0.415. The van der Waals surface area contributed by atoms with Gasteiger partial charge in [0.25, 0.3) is 0 Å². The molecular weight excluding hydrogens is 296 g/mol. The molecule has 0 bridgehead atoms. The zero-order valence-electron chi connectivity index (χ0n) is 12.5. The van der Waals surface area contributed by atoms with Crippen LogP contribution in [0, 0.1) is 0 Å². The first-order valence-corrected chi connectivity index (χ1v) is 7.03. The van der Waals surface area contributed by atoms with Crippen molar-refractivity contribution in [3.63, 3.8) is 0 Å². The lowest BCUT2D eigenvalue weighted by atomic mass is 10.1. The fourth-order valence-corrected chi connectivity index (χ4v) is 2.38. The van der Waals surface area contributed by atoms with Crippen LogP contribution in [0.1, 0.15) is 11.3 Å². The van der Waals surface area contributed by atoms with Gasteiger partial charge in [-0.3, -0.25) is 0 Å². The van der Waals surface area contributed by atoms with Crippen LogP contribution in [0.25, 0.3) is 5.69 Å². The maximum Gasteiger partial charge on any atom is 0.333 e. The van der Waals surface area contributed by atoms with Crippen LogP contribution in [0.2, 0.25) is 0 Å². The van der Waals surface area contributed by atoms with Gasteiger partial charge in [-0.1, -0.05) is 12.1 Å². The van der Waals surface area contributed by atoms with Crippen molar-refractivity contribution in [3.05, 3.63) is 70.3 Å². The first-order valence-electron chi connectivity index (χ1n) is 7.03. The Morgan fingerprint density at radius 1 is 1.04 bits per heavy atom. The molecule has 0 radical (unpaired) electrons. The number of hydrogen-bond donors (Lipinski definition) is 3. The average molecular weight is 312 g/mol. The molecule has 2 aromatic carbocycles. The summed E-state index contributed by atoms with van der Waals surface area (Å²) in [5.74, 6) is 0.705. The van der Waals surface area contributed by atoms with E-state index in [4.69, 9.17) is 4.74 Å². The number of imidazole rings is 1. The Labute approximate surface area is 132 Å². The molecule has 6 heteroatoms. The van der Waals surface area contributed by atoms with E-state index < -0.39 is 5.69 Å². The first kappa shape index (κ1) is 14.8. The van der Waals surface area contributed by atoms with Crippen molar-refractivity contribution < 1.29 is 14.9 Å². The number of aromatic nitrogens is 2. The number of nitrogens with one attached hydrogen (secondary N) is 1. The van der Waals surface area contributed by atoms with Gasteiger partial charge in [0.1, 0.15) is 11.5 Å². The van der Waals surface area contributed by atoms with E-state index in [0.29, 0.717) is 23.6 Å². The van der Waals surface area contributed by atoms with E-state index >= 15 is 0 Å². The molecule has 1 aromatic heterocycles. The normalized spacial score (nSPS) is 10.7. The summed E-state index contributed by atoms with van der Waals surface area (Å²) < 4.78 is 6.28. The van der Waals surface area contributed by atoms with Crippen molar-refractivity contribution in [2.75, 3.05) is 7.11 Å². The summed E-state index contributed by atoms with van der Waals surface area (Å²) in [5, 5.41) is 19.7. The summed E-state index contributed by atoms with van der Waals surface area (Å²) in [6.45, 7) is 0. The summed E-state index contributed by atoms with van der Waals surface area (Å²) in [5.41, 5.74) is 1.40. The molecule has 0 amide bonds. The van der Waals surface area contributed by atoms with Crippen molar-refractivity contribution in [3.8, 4) is 23.1 Å². The highest BCUT2D eigenvalue weighted by Crippen LogP contribution is 2.23. The molecule has 6 nitrogen and oxygen atoms in total. The second-order valence-electron chi connectivity index (χ2n) is 5.11. The van der Waals surface area contributed by atoms with E-state index in [1.165, 1.54) is 4.57 Å². The number of nitrogens with zero attached hydrogens (tertiary/aromatic N) is 1. The van der Waals surface area contributed by atoms with Crippen LogP contribution in [0.3, 0.4) is 0 Å². The summed E-state index contributed by atoms with van der Waals surface area (Å²) in [6, 6.07) is 13.4. The molecule has 23 heavy (non-hydrogen) atoms. The van der Waals surface area contributed by atoms with Gasteiger partial charge in [-0.15, -0.1) is 0 Å². The molecule has 1 heterocycles. The van der Waals surface area contributed by atoms with E-state index in [0.717, 1.165) is 5.56 Å². The predicted octanol–water partition coefficient (Wildman–Crippen LogP) is 2.18. The van der Waals surface area contributed by atoms with Crippen LogP contribution in [0.15, 0.2) is 53.3 Å². The maximum absolute atomic E-state index is 12.1. The minimum Gasteiger partial charge on any atom is -0.508 e. The fraction of sp³-hybridized carbons (Fsp3) is 0.118. The second-order valence-corrected chi connectivity index (χ2v) is 5.11. The zero-order valence-corrected chi connectivity index (χ0v) is 12.5. The van der Waals surface area contributed by atoms with Gasteiger partial charge in [-0.05, 0) is 42.0 Å². The van der Waals surface area contributed by atoms with Crippen LogP contribution >= 0.6 is 0 Å². The number of aromatic hydroxyl groups is 2. The Hall–Kier alpha value is -3.15. The van der Waals surface area contributed by atoms with Gasteiger partial charge in [0.05, 0.1) is 18.5 Å². The van der Waals surface area contributed by atoms with E-state index in [1.807, 2.05) is 0 Å². The topological polar surface area (TPSA) is 87.5 Å². The van der Waals surface area contributed by atoms with E-state index in [1.54, 1.807) is 55.6 Å². The highest BCUT2D eigenvalue weighted by molar-refractivity contribution is 5.42. The fourth-order valence-electron chi connectivity index (χ4n) is 2.38. The van der Waals surface area contributed by atoms with Gasteiger partial charge in [-0.2, -0.15) is 0 Å². The molecule has 0 aliphatic heterocycles. The van der Waals surface area contributed by atoms with Gasteiger partial charge in [0.15, 0.2) is 0 Å². The first-order chi connectivity index (χ1) is 11.1. The van der Waals surface area contributed by atoms with Crippen LogP contribution in [0.4, 0.5) is 0 Å². The molecule has 0 aliphatic rings. The minimum absolute atomic E-state index is 0.131. The zero-order chi connectivity index (χ0) is 16.4. The largest absolute Gasteiger partial charge is 0.508 e. The Kier molecular flexibility index (Phi) is 3.80. The number of benzene rings is 2. The summed E-state index contributed by atoms with van der Waals surface area (Å²) in [7, 11) is 1.56. The Morgan fingerprint density at radius 3 is 2.30 bits per heavy atom. The molecule has 0 saturated carbocycles. The van der Waals surface area contributed by atoms with Gasteiger partial charge < -0.3 is 19.9 Å². The third-order valence-electron chi connectivity index (χ3n) is 3.59.